The molecule has 0 rings (SSSR count). The second-order valence-corrected chi connectivity index (χ2v) is 19.9. The summed E-state index contributed by atoms with van der Waals surface area (Å²) in [5.41, 5.74) is 0. The molecule has 0 saturated carbocycles. The average molecular weight is 970 g/mol. The highest BCUT2D eigenvalue weighted by Crippen LogP contribution is 2.15. The molecule has 0 fully saturated rings. The van der Waals surface area contributed by atoms with Gasteiger partial charge in [-0.2, -0.15) is 0 Å². The largest absolute Gasteiger partial charge is 0.477 e. The monoisotopic (exact) mass is 969 g/mol. The van der Waals surface area contributed by atoms with Crippen molar-refractivity contribution >= 4 is 17.9 Å². The number of allylic oxidation sites excluding steroid dienone is 12. The van der Waals surface area contributed by atoms with Crippen LogP contribution in [0, 0.1) is 0 Å². The maximum absolute atomic E-state index is 12.9. The Hall–Kier alpha value is -3.27. The minimum atomic E-state index is -1.52. The van der Waals surface area contributed by atoms with Gasteiger partial charge in [-0.3, -0.25) is 9.59 Å². The number of carboxylic acid groups (broad SMARTS) is 1. The molecule has 0 aliphatic carbocycles. The maximum atomic E-state index is 12.9. The van der Waals surface area contributed by atoms with Crippen molar-refractivity contribution < 1.29 is 42.9 Å². The molecule has 0 radical (unpaired) electrons. The molecule has 0 aromatic heterocycles. The predicted molar refractivity (Wildman–Crippen MR) is 290 cm³/mol. The van der Waals surface area contributed by atoms with Gasteiger partial charge < -0.3 is 28.5 Å². The van der Waals surface area contributed by atoms with Gasteiger partial charge in [-0.25, -0.2) is 4.79 Å². The second-order valence-electron chi connectivity index (χ2n) is 19.9. The van der Waals surface area contributed by atoms with E-state index in [1.165, 1.54) is 122 Å². The highest BCUT2D eigenvalue weighted by molar-refractivity contribution is 5.71. The van der Waals surface area contributed by atoms with Gasteiger partial charge in [0.1, 0.15) is 13.2 Å². The van der Waals surface area contributed by atoms with Crippen LogP contribution in [0.1, 0.15) is 232 Å². The molecule has 398 valence electrons. The number of ether oxygens (including phenoxy) is 4. The van der Waals surface area contributed by atoms with E-state index in [4.69, 9.17) is 18.9 Å². The van der Waals surface area contributed by atoms with E-state index in [1.807, 2.05) is 21.1 Å². The molecule has 9 heteroatoms. The Morgan fingerprint density at radius 3 is 1.23 bits per heavy atom. The van der Waals surface area contributed by atoms with Gasteiger partial charge >= 0.3 is 17.9 Å². The molecule has 2 atom stereocenters. The van der Waals surface area contributed by atoms with E-state index in [-0.39, 0.29) is 32.2 Å². The van der Waals surface area contributed by atoms with Crippen LogP contribution in [-0.2, 0) is 33.3 Å². The zero-order valence-corrected chi connectivity index (χ0v) is 45.2. The normalized spacial score (nSPS) is 13.3. The van der Waals surface area contributed by atoms with Crippen molar-refractivity contribution in [3.8, 4) is 0 Å². The van der Waals surface area contributed by atoms with E-state index in [0.717, 1.165) is 77.0 Å². The van der Waals surface area contributed by atoms with Gasteiger partial charge in [0.15, 0.2) is 6.10 Å². The zero-order chi connectivity index (χ0) is 50.6. The minimum absolute atomic E-state index is 0.183. The van der Waals surface area contributed by atoms with Crippen molar-refractivity contribution in [1.82, 2.24) is 0 Å². The summed E-state index contributed by atoms with van der Waals surface area (Å²) in [6.07, 6.45) is 62.5. The first kappa shape index (κ1) is 65.7. The molecule has 0 saturated heterocycles. The number of rotatable bonds is 51. The Balaban J connectivity index is 4.30. The van der Waals surface area contributed by atoms with E-state index in [2.05, 4.69) is 86.8 Å². The quantitative estimate of drug-likeness (QED) is 0.0211. The van der Waals surface area contributed by atoms with Crippen molar-refractivity contribution in [3.05, 3.63) is 72.9 Å². The van der Waals surface area contributed by atoms with Crippen LogP contribution in [0.15, 0.2) is 72.9 Å². The average Bonchev–Trinajstić information content (AvgIpc) is 3.31. The Bertz CT molecular complexity index is 1360. The number of esters is 2. The third-order valence-corrected chi connectivity index (χ3v) is 11.9. The number of unbranched alkanes of at least 4 members (excludes halogenated alkanes) is 24. The molecule has 0 heterocycles. The summed E-state index contributed by atoms with van der Waals surface area (Å²) in [7, 11) is 5.96. The molecule has 69 heavy (non-hydrogen) atoms. The standard InChI is InChI=1S/C60H105NO8/c1-6-8-10-12-14-16-18-20-22-24-26-28-29-31-33-35-37-39-41-43-45-47-49-51-58(63)69-56(55-68-60(59(64)65)66-53-52-61(3,4)5)54-67-57(62)50-48-46-44-42-40-38-36-34-32-30-27-25-23-21-19-17-15-13-11-9-7-2/h8,10,14,16,19-22,25-28,56,60H,6-7,9,11-13,15,17-18,23-24,29-55H2,1-5H3/p+1/b10-8-,16-14-,21-19-,22-20-,27-25-,28-26-. The number of quaternary nitrogens is 1. The molecule has 0 aliphatic rings. The first-order chi connectivity index (χ1) is 33.6. The number of carboxylic acids is 1. The summed E-state index contributed by atoms with van der Waals surface area (Å²) in [5, 5.41) is 9.70. The van der Waals surface area contributed by atoms with Gasteiger partial charge in [0.05, 0.1) is 34.4 Å². The molecule has 2 unspecified atom stereocenters. The van der Waals surface area contributed by atoms with Crippen LogP contribution in [0.5, 0.6) is 0 Å². The number of nitrogens with zero attached hydrogens (tertiary/aromatic N) is 1. The third kappa shape index (κ3) is 52.4. The molecule has 1 N–H and O–H groups in total. The van der Waals surface area contributed by atoms with Crippen molar-refractivity contribution in [3.63, 3.8) is 0 Å². The fourth-order valence-electron chi connectivity index (χ4n) is 7.62. The lowest BCUT2D eigenvalue weighted by molar-refractivity contribution is -0.870. The van der Waals surface area contributed by atoms with E-state index in [0.29, 0.717) is 23.9 Å². The van der Waals surface area contributed by atoms with Gasteiger partial charge in [-0.05, 0) is 83.5 Å². The molecule has 9 nitrogen and oxygen atoms in total. The number of aliphatic carboxylic acids is 1. The van der Waals surface area contributed by atoms with Crippen molar-refractivity contribution in [2.75, 3.05) is 47.5 Å². The lowest BCUT2D eigenvalue weighted by atomic mass is 10.0. The van der Waals surface area contributed by atoms with Crippen LogP contribution in [0.25, 0.3) is 0 Å². The summed E-state index contributed by atoms with van der Waals surface area (Å²) < 4.78 is 22.9. The second kappa shape index (κ2) is 51.1. The van der Waals surface area contributed by atoms with Crippen LogP contribution in [-0.4, -0.2) is 87.4 Å². The highest BCUT2D eigenvalue weighted by atomic mass is 16.7. The van der Waals surface area contributed by atoms with Gasteiger partial charge in [0, 0.05) is 12.8 Å². The molecule has 0 amide bonds. The number of carbonyl (C=O) groups is 3. The van der Waals surface area contributed by atoms with Crippen LogP contribution >= 0.6 is 0 Å². The lowest BCUT2D eigenvalue weighted by Crippen LogP contribution is -2.40. The fraction of sp³-hybridized carbons (Fsp3) is 0.750. The summed E-state index contributed by atoms with van der Waals surface area (Å²) in [6, 6.07) is 0. The van der Waals surface area contributed by atoms with Gasteiger partial charge in [0.2, 0.25) is 0 Å². The lowest BCUT2D eigenvalue weighted by Gasteiger charge is -2.25. The summed E-state index contributed by atoms with van der Waals surface area (Å²) in [4.78, 5) is 37.4. The molecular formula is C60H106NO8+. The Kier molecular flexibility index (Phi) is 48.7. The molecular weight excluding hydrogens is 863 g/mol. The Morgan fingerprint density at radius 1 is 0.449 bits per heavy atom. The topological polar surface area (TPSA) is 108 Å². The van der Waals surface area contributed by atoms with E-state index >= 15 is 0 Å². The SMILES string of the molecule is CC/C=C\C/C=C\C/C=C\C/C=C\CCCCCCCCCCCCC(=O)OC(COC(=O)CCCCCCCCCCC/C=C\C/C=C\CCCCCCC)COC(OCC[N+](C)(C)C)C(=O)O. The molecule has 0 aliphatic heterocycles. The number of hydrogen-bond acceptors (Lipinski definition) is 7. The minimum Gasteiger partial charge on any atom is -0.477 e. The number of hydrogen-bond donors (Lipinski definition) is 1. The van der Waals surface area contributed by atoms with Crippen LogP contribution in [0.2, 0.25) is 0 Å². The highest BCUT2D eigenvalue weighted by Gasteiger charge is 2.25. The van der Waals surface area contributed by atoms with E-state index < -0.39 is 24.3 Å². The van der Waals surface area contributed by atoms with Crippen molar-refractivity contribution in [2.24, 2.45) is 0 Å². The summed E-state index contributed by atoms with van der Waals surface area (Å²) >= 11 is 0. The van der Waals surface area contributed by atoms with Crippen LogP contribution in [0.4, 0.5) is 0 Å². The van der Waals surface area contributed by atoms with Gasteiger partial charge in [-0.15, -0.1) is 0 Å². The summed E-state index contributed by atoms with van der Waals surface area (Å²) in [5.74, 6) is -2.02. The molecule has 0 bridgehead atoms. The third-order valence-electron chi connectivity index (χ3n) is 11.9. The molecule has 0 aromatic carbocycles. The Labute approximate surface area is 424 Å². The van der Waals surface area contributed by atoms with E-state index in [9.17, 15) is 19.5 Å². The maximum Gasteiger partial charge on any atom is 0.361 e. The number of carbonyl (C=O) groups excluding carboxylic acids is 2. The number of likely N-dealkylation sites (N-methyl/N-ethyl adjacent to an activating group) is 1. The predicted octanol–water partition coefficient (Wildman–Crippen LogP) is 16.2. The van der Waals surface area contributed by atoms with E-state index in [1.54, 1.807) is 0 Å². The van der Waals surface area contributed by atoms with Gasteiger partial charge in [-0.1, -0.05) is 209 Å². The Morgan fingerprint density at radius 2 is 0.826 bits per heavy atom. The first-order valence-corrected chi connectivity index (χ1v) is 28.1. The van der Waals surface area contributed by atoms with Crippen LogP contribution in [0.3, 0.4) is 0 Å². The van der Waals surface area contributed by atoms with Crippen molar-refractivity contribution in [1.29, 1.82) is 0 Å². The fourth-order valence-corrected chi connectivity index (χ4v) is 7.62. The summed E-state index contributed by atoms with van der Waals surface area (Å²) in [6.45, 7) is 4.75. The smallest absolute Gasteiger partial charge is 0.361 e. The van der Waals surface area contributed by atoms with Crippen molar-refractivity contribution in [2.45, 2.75) is 245 Å². The first-order valence-electron chi connectivity index (χ1n) is 28.1. The molecule has 0 spiro atoms. The van der Waals surface area contributed by atoms with Crippen LogP contribution < -0.4 is 0 Å². The molecule has 0 aromatic rings. The zero-order valence-electron chi connectivity index (χ0n) is 45.2. The van der Waals surface area contributed by atoms with Gasteiger partial charge in [0.25, 0.3) is 6.29 Å².